The molecule has 0 aliphatic heterocycles. The lowest BCUT2D eigenvalue weighted by atomic mass is 9.83. The fourth-order valence-electron chi connectivity index (χ4n) is 2.05. The Kier molecular flexibility index (Phi) is 5.21. The minimum absolute atomic E-state index is 0.268. The maximum Gasteiger partial charge on any atom is 0.335 e. The molecule has 2 rings (SSSR count). The molecule has 4 heteroatoms. The summed E-state index contributed by atoms with van der Waals surface area (Å²) in [5.41, 5.74) is 0.268. The van der Waals surface area contributed by atoms with Crippen LogP contribution in [0.5, 0.6) is 5.75 Å². The second kappa shape index (κ2) is 7.14. The van der Waals surface area contributed by atoms with Gasteiger partial charge in [0.1, 0.15) is 12.4 Å². The molecule has 1 aromatic rings. The highest BCUT2D eigenvalue weighted by Crippen LogP contribution is 2.29. The van der Waals surface area contributed by atoms with Crippen LogP contribution < -0.4 is 4.74 Å². The Morgan fingerprint density at radius 3 is 2.47 bits per heavy atom. The van der Waals surface area contributed by atoms with Gasteiger partial charge >= 0.3 is 5.97 Å². The molecular weight excluding hydrogens is 244 g/mol. The third kappa shape index (κ3) is 4.56. The van der Waals surface area contributed by atoms with Crippen LogP contribution in [0.3, 0.4) is 0 Å². The van der Waals surface area contributed by atoms with Crippen molar-refractivity contribution in [2.75, 3.05) is 19.8 Å². The molecular formula is C15H20O4. The van der Waals surface area contributed by atoms with Gasteiger partial charge in [-0.05, 0) is 36.6 Å². The molecule has 0 saturated heterocycles. The zero-order valence-electron chi connectivity index (χ0n) is 11.0. The number of hydrogen-bond acceptors (Lipinski definition) is 3. The Morgan fingerprint density at radius 1 is 1.16 bits per heavy atom. The van der Waals surface area contributed by atoms with Crippen LogP contribution in [0.1, 0.15) is 36.0 Å². The van der Waals surface area contributed by atoms with Crippen molar-refractivity contribution >= 4 is 5.97 Å². The van der Waals surface area contributed by atoms with Gasteiger partial charge in [0.15, 0.2) is 0 Å². The lowest BCUT2D eigenvalue weighted by molar-refractivity contribution is 0.0696. The molecule has 0 atom stereocenters. The summed E-state index contributed by atoms with van der Waals surface area (Å²) >= 11 is 0. The molecule has 0 unspecified atom stereocenters. The average molecular weight is 264 g/mol. The van der Waals surface area contributed by atoms with Crippen molar-refractivity contribution in [3.63, 3.8) is 0 Å². The van der Waals surface area contributed by atoms with Crippen molar-refractivity contribution in [1.82, 2.24) is 0 Å². The molecule has 0 heterocycles. The van der Waals surface area contributed by atoms with Crippen LogP contribution in [0.2, 0.25) is 0 Å². The van der Waals surface area contributed by atoms with E-state index in [2.05, 4.69) is 0 Å². The van der Waals surface area contributed by atoms with Gasteiger partial charge in [0.2, 0.25) is 0 Å². The normalized spacial score (nSPS) is 14.9. The zero-order valence-corrected chi connectivity index (χ0v) is 11.0. The Labute approximate surface area is 113 Å². The summed E-state index contributed by atoms with van der Waals surface area (Å²) < 4.78 is 11.0. The minimum Gasteiger partial charge on any atom is -0.491 e. The number of hydrogen-bond donors (Lipinski definition) is 1. The fraction of sp³-hybridized carbons (Fsp3) is 0.533. The molecule has 1 aromatic carbocycles. The van der Waals surface area contributed by atoms with Gasteiger partial charge in [-0.2, -0.15) is 0 Å². The first-order valence-electron chi connectivity index (χ1n) is 6.79. The van der Waals surface area contributed by atoms with Crippen LogP contribution in [0.15, 0.2) is 24.3 Å². The summed E-state index contributed by atoms with van der Waals surface area (Å²) in [4.78, 5) is 10.7. The van der Waals surface area contributed by atoms with Crippen molar-refractivity contribution in [2.45, 2.75) is 25.7 Å². The summed E-state index contributed by atoms with van der Waals surface area (Å²) in [7, 11) is 0. The number of aromatic carboxylic acids is 1. The van der Waals surface area contributed by atoms with E-state index in [1.807, 2.05) is 0 Å². The summed E-state index contributed by atoms with van der Waals surface area (Å²) in [5, 5.41) is 8.76. The van der Waals surface area contributed by atoms with Crippen molar-refractivity contribution in [3.05, 3.63) is 29.8 Å². The molecule has 4 nitrogen and oxygen atoms in total. The Balaban J connectivity index is 1.55. The van der Waals surface area contributed by atoms with Gasteiger partial charge in [0.05, 0.1) is 12.2 Å². The molecule has 104 valence electrons. The van der Waals surface area contributed by atoms with Gasteiger partial charge in [-0.1, -0.05) is 19.3 Å². The Morgan fingerprint density at radius 2 is 1.89 bits per heavy atom. The molecule has 0 spiro atoms. The smallest absolute Gasteiger partial charge is 0.335 e. The van der Waals surface area contributed by atoms with E-state index in [0.717, 1.165) is 18.9 Å². The molecule has 0 amide bonds. The first kappa shape index (κ1) is 13.9. The average Bonchev–Trinajstić information content (AvgIpc) is 2.36. The molecule has 0 aromatic heterocycles. The first-order valence-corrected chi connectivity index (χ1v) is 6.79. The second-order valence-corrected chi connectivity index (χ2v) is 4.88. The van der Waals surface area contributed by atoms with Gasteiger partial charge in [-0.25, -0.2) is 4.79 Å². The summed E-state index contributed by atoms with van der Waals surface area (Å²) in [5.74, 6) is 0.628. The van der Waals surface area contributed by atoms with Gasteiger partial charge in [-0.3, -0.25) is 0 Å². The van der Waals surface area contributed by atoms with Crippen LogP contribution in [-0.4, -0.2) is 30.9 Å². The second-order valence-electron chi connectivity index (χ2n) is 4.88. The summed E-state index contributed by atoms with van der Waals surface area (Å²) in [6.07, 6.45) is 5.25. The lowest BCUT2D eigenvalue weighted by Gasteiger charge is -2.24. The molecule has 0 bridgehead atoms. The Hall–Kier alpha value is -1.55. The quantitative estimate of drug-likeness (QED) is 0.733. The van der Waals surface area contributed by atoms with Gasteiger partial charge in [0, 0.05) is 6.61 Å². The molecule has 1 aliphatic carbocycles. The monoisotopic (exact) mass is 264 g/mol. The zero-order chi connectivity index (χ0) is 13.5. The highest BCUT2D eigenvalue weighted by molar-refractivity contribution is 5.87. The van der Waals surface area contributed by atoms with Crippen molar-refractivity contribution in [2.24, 2.45) is 5.92 Å². The van der Waals surface area contributed by atoms with Crippen LogP contribution in [0, 0.1) is 5.92 Å². The van der Waals surface area contributed by atoms with E-state index >= 15 is 0 Å². The summed E-state index contributed by atoms with van der Waals surface area (Å²) in [6, 6.07) is 6.40. The molecule has 1 N–H and O–H groups in total. The third-order valence-corrected chi connectivity index (χ3v) is 3.49. The van der Waals surface area contributed by atoms with Crippen LogP contribution >= 0.6 is 0 Å². The number of ether oxygens (including phenoxy) is 2. The van der Waals surface area contributed by atoms with Crippen molar-refractivity contribution in [1.29, 1.82) is 0 Å². The number of carboxylic acids is 1. The lowest BCUT2D eigenvalue weighted by Crippen LogP contribution is -2.15. The van der Waals surface area contributed by atoms with E-state index in [9.17, 15) is 4.79 Å². The molecule has 19 heavy (non-hydrogen) atoms. The largest absolute Gasteiger partial charge is 0.491 e. The molecule has 0 radical (unpaired) electrons. The summed E-state index contributed by atoms with van der Waals surface area (Å²) in [6.45, 7) is 1.89. The van der Waals surface area contributed by atoms with Crippen molar-refractivity contribution < 1.29 is 19.4 Å². The SMILES string of the molecule is O=C(O)c1ccc(OCCOCCC2CCC2)cc1. The van der Waals surface area contributed by atoms with Crippen LogP contribution in [0.25, 0.3) is 0 Å². The maximum absolute atomic E-state index is 10.7. The standard InChI is InChI=1S/C15H20O4/c16-15(17)13-4-6-14(7-5-13)19-11-10-18-9-8-12-2-1-3-12/h4-7,12H,1-3,8-11H2,(H,16,17). The number of rotatable bonds is 8. The topological polar surface area (TPSA) is 55.8 Å². The predicted octanol–water partition coefficient (Wildman–Crippen LogP) is 2.97. The highest BCUT2D eigenvalue weighted by Gasteiger charge is 2.16. The minimum atomic E-state index is -0.925. The molecule has 1 saturated carbocycles. The van der Waals surface area contributed by atoms with Gasteiger partial charge in [-0.15, -0.1) is 0 Å². The van der Waals surface area contributed by atoms with Gasteiger partial charge in [0.25, 0.3) is 0 Å². The van der Waals surface area contributed by atoms with E-state index in [1.165, 1.54) is 31.4 Å². The highest BCUT2D eigenvalue weighted by atomic mass is 16.5. The van der Waals surface area contributed by atoms with E-state index < -0.39 is 5.97 Å². The fourth-order valence-corrected chi connectivity index (χ4v) is 2.05. The Bertz CT molecular complexity index is 395. The van der Waals surface area contributed by atoms with E-state index in [-0.39, 0.29) is 5.56 Å². The molecule has 1 fully saturated rings. The first-order chi connectivity index (χ1) is 9.25. The van der Waals surface area contributed by atoms with Gasteiger partial charge < -0.3 is 14.6 Å². The number of carbonyl (C=O) groups is 1. The molecule has 1 aliphatic rings. The number of carboxylic acid groups (broad SMARTS) is 1. The van der Waals surface area contributed by atoms with Crippen molar-refractivity contribution in [3.8, 4) is 5.75 Å². The third-order valence-electron chi connectivity index (χ3n) is 3.49. The van der Waals surface area contributed by atoms with Crippen LogP contribution in [-0.2, 0) is 4.74 Å². The maximum atomic E-state index is 10.7. The van der Waals surface area contributed by atoms with Crippen LogP contribution in [0.4, 0.5) is 0 Å². The predicted molar refractivity (Wildman–Crippen MR) is 71.7 cm³/mol. The number of benzene rings is 1. The van der Waals surface area contributed by atoms with E-state index in [0.29, 0.717) is 19.0 Å². The van der Waals surface area contributed by atoms with E-state index in [1.54, 1.807) is 12.1 Å². The van der Waals surface area contributed by atoms with E-state index in [4.69, 9.17) is 14.6 Å².